The van der Waals surface area contributed by atoms with Crippen molar-refractivity contribution >= 4 is 34.0 Å². The third kappa shape index (κ3) is 5.38. The SMILES string of the molecule is CCCCCN(C(=O)c1ccc([N+](=O)[O-])c(C)c1)c1nc(C)c(C(=O)OCC)s1. The maximum absolute atomic E-state index is 13.2. The molecule has 9 heteroatoms. The summed E-state index contributed by atoms with van der Waals surface area (Å²) in [5.41, 5.74) is 1.23. The number of nitro groups is 1. The lowest BCUT2D eigenvalue weighted by Gasteiger charge is -2.20. The highest BCUT2D eigenvalue weighted by molar-refractivity contribution is 7.17. The number of carbonyl (C=O) groups is 2. The van der Waals surface area contributed by atoms with E-state index in [1.807, 2.05) is 0 Å². The zero-order chi connectivity index (χ0) is 21.6. The van der Waals surface area contributed by atoms with E-state index in [2.05, 4.69) is 11.9 Å². The van der Waals surface area contributed by atoms with Crippen molar-refractivity contribution < 1.29 is 19.2 Å². The molecule has 156 valence electrons. The number of carbonyl (C=O) groups excluding carboxylic acids is 2. The molecule has 8 nitrogen and oxygen atoms in total. The predicted molar refractivity (Wildman–Crippen MR) is 112 cm³/mol. The Morgan fingerprint density at radius 1 is 1.24 bits per heavy atom. The Labute approximate surface area is 173 Å². The van der Waals surface area contributed by atoms with Crippen LogP contribution < -0.4 is 4.90 Å². The number of esters is 1. The summed E-state index contributed by atoms with van der Waals surface area (Å²) in [6.07, 6.45) is 2.71. The van der Waals surface area contributed by atoms with Crippen LogP contribution in [-0.4, -0.2) is 34.9 Å². The number of anilines is 1. The number of aryl methyl sites for hydroxylation is 2. The lowest BCUT2D eigenvalue weighted by atomic mass is 10.1. The van der Waals surface area contributed by atoms with Crippen LogP contribution in [0.4, 0.5) is 10.8 Å². The molecule has 1 heterocycles. The first-order valence-electron chi connectivity index (χ1n) is 9.51. The second-order valence-corrected chi connectivity index (χ2v) is 7.53. The minimum absolute atomic E-state index is 0.0335. The van der Waals surface area contributed by atoms with Gasteiger partial charge in [-0.2, -0.15) is 0 Å². The fraction of sp³-hybridized carbons (Fsp3) is 0.450. The molecule has 0 radical (unpaired) electrons. The van der Waals surface area contributed by atoms with Gasteiger partial charge in [0, 0.05) is 23.7 Å². The van der Waals surface area contributed by atoms with Crippen molar-refractivity contribution in [3.8, 4) is 0 Å². The Morgan fingerprint density at radius 3 is 2.55 bits per heavy atom. The lowest BCUT2D eigenvalue weighted by molar-refractivity contribution is -0.385. The van der Waals surface area contributed by atoms with E-state index in [4.69, 9.17) is 4.74 Å². The minimum Gasteiger partial charge on any atom is -0.462 e. The molecular formula is C20H25N3O5S. The molecule has 2 rings (SSSR count). The highest BCUT2D eigenvalue weighted by Gasteiger charge is 2.25. The van der Waals surface area contributed by atoms with Crippen molar-refractivity contribution in [3.63, 3.8) is 0 Å². The topological polar surface area (TPSA) is 103 Å². The van der Waals surface area contributed by atoms with Gasteiger partial charge >= 0.3 is 5.97 Å². The predicted octanol–water partition coefficient (Wildman–Crippen LogP) is 4.68. The molecule has 0 N–H and O–H groups in total. The van der Waals surface area contributed by atoms with E-state index in [-0.39, 0.29) is 18.2 Å². The largest absolute Gasteiger partial charge is 0.462 e. The van der Waals surface area contributed by atoms with Gasteiger partial charge in [-0.25, -0.2) is 9.78 Å². The Morgan fingerprint density at radius 2 is 1.97 bits per heavy atom. The number of amides is 1. The van der Waals surface area contributed by atoms with Crippen molar-refractivity contribution in [1.82, 2.24) is 4.98 Å². The van der Waals surface area contributed by atoms with Crippen LogP contribution in [-0.2, 0) is 4.74 Å². The summed E-state index contributed by atoms with van der Waals surface area (Å²) in [5, 5.41) is 11.5. The smallest absolute Gasteiger partial charge is 0.350 e. The molecule has 0 unspecified atom stereocenters. The second kappa shape index (κ2) is 10.1. The molecule has 0 bridgehead atoms. The summed E-state index contributed by atoms with van der Waals surface area (Å²) in [7, 11) is 0. The summed E-state index contributed by atoms with van der Waals surface area (Å²) in [5.74, 6) is -0.760. The normalized spacial score (nSPS) is 10.6. The van der Waals surface area contributed by atoms with Crippen LogP contribution >= 0.6 is 11.3 Å². The first kappa shape index (κ1) is 22.5. The zero-order valence-electron chi connectivity index (χ0n) is 17.1. The van der Waals surface area contributed by atoms with Gasteiger partial charge in [-0.3, -0.25) is 19.8 Å². The molecule has 1 aromatic heterocycles. The van der Waals surface area contributed by atoms with Crippen LogP contribution in [0.15, 0.2) is 18.2 Å². The lowest BCUT2D eigenvalue weighted by Crippen LogP contribution is -2.32. The average molecular weight is 420 g/mol. The van der Waals surface area contributed by atoms with Gasteiger partial charge in [0.25, 0.3) is 11.6 Å². The molecule has 0 aliphatic rings. The number of benzene rings is 1. The van der Waals surface area contributed by atoms with Crippen molar-refractivity contribution in [2.24, 2.45) is 0 Å². The van der Waals surface area contributed by atoms with Crippen LogP contribution in [0.2, 0.25) is 0 Å². The molecule has 0 saturated heterocycles. The van der Waals surface area contributed by atoms with Gasteiger partial charge in [-0.1, -0.05) is 31.1 Å². The third-order valence-corrected chi connectivity index (χ3v) is 5.51. The summed E-state index contributed by atoms with van der Waals surface area (Å²) in [6.45, 7) is 7.80. The number of nitro benzene ring substituents is 1. The fourth-order valence-corrected chi connectivity index (χ4v) is 3.82. The quantitative estimate of drug-likeness (QED) is 0.253. The monoisotopic (exact) mass is 419 g/mol. The van der Waals surface area contributed by atoms with Crippen LogP contribution in [0.25, 0.3) is 0 Å². The first-order valence-corrected chi connectivity index (χ1v) is 10.3. The number of nitrogens with zero attached hydrogens (tertiary/aromatic N) is 3. The average Bonchev–Trinajstić information content (AvgIpc) is 3.06. The van der Waals surface area contributed by atoms with Gasteiger partial charge in [0.05, 0.1) is 17.2 Å². The second-order valence-electron chi connectivity index (χ2n) is 6.55. The number of unbranched alkanes of at least 4 members (excludes halogenated alkanes) is 2. The van der Waals surface area contributed by atoms with E-state index in [0.717, 1.165) is 30.6 Å². The van der Waals surface area contributed by atoms with Crippen molar-refractivity contribution in [2.45, 2.75) is 47.0 Å². The number of rotatable bonds is 9. The Hall–Kier alpha value is -2.81. The summed E-state index contributed by atoms with van der Waals surface area (Å²) in [6, 6.07) is 4.30. The van der Waals surface area contributed by atoms with Crippen molar-refractivity contribution in [3.05, 3.63) is 50.0 Å². The summed E-state index contributed by atoms with van der Waals surface area (Å²) < 4.78 is 5.06. The Kier molecular flexibility index (Phi) is 7.83. The molecule has 29 heavy (non-hydrogen) atoms. The van der Waals surface area contributed by atoms with E-state index in [0.29, 0.717) is 33.4 Å². The number of ether oxygens (including phenoxy) is 1. The molecule has 0 aliphatic carbocycles. The van der Waals surface area contributed by atoms with E-state index < -0.39 is 10.9 Å². The summed E-state index contributed by atoms with van der Waals surface area (Å²) >= 11 is 1.12. The van der Waals surface area contributed by atoms with Crippen LogP contribution in [0, 0.1) is 24.0 Å². The molecule has 0 saturated carbocycles. The zero-order valence-corrected chi connectivity index (χ0v) is 17.9. The van der Waals surface area contributed by atoms with Gasteiger partial charge in [0.1, 0.15) is 4.88 Å². The van der Waals surface area contributed by atoms with Gasteiger partial charge < -0.3 is 4.74 Å². The van der Waals surface area contributed by atoms with Gasteiger partial charge in [-0.05, 0) is 39.3 Å². The van der Waals surface area contributed by atoms with Gasteiger partial charge in [0.15, 0.2) is 5.13 Å². The van der Waals surface area contributed by atoms with Crippen LogP contribution in [0.3, 0.4) is 0 Å². The van der Waals surface area contributed by atoms with E-state index in [1.165, 1.54) is 23.1 Å². The molecule has 1 aromatic carbocycles. The van der Waals surface area contributed by atoms with Crippen LogP contribution in [0.5, 0.6) is 0 Å². The highest BCUT2D eigenvalue weighted by Crippen LogP contribution is 2.29. The number of hydrogen-bond donors (Lipinski definition) is 0. The summed E-state index contributed by atoms with van der Waals surface area (Å²) in [4.78, 5) is 42.2. The molecule has 0 atom stereocenters. The standard InChI is InChI=1S/C20H25N3O5S/c1-5-7-8-11-22(20-21-14(4)17(29-20)19(25)28-6-2)18(24)15-9-10-16(23(26)27)13(3)12-15/h9-10,12H,5-8,11H2,1-4H3. The number of aromatic nitrogens is 1. The van der Waals surface area contributed by atoms with Crippen molar-refractivity contribution in [1.29, 1.82) is 0 Å². The first-order chi connectivity index (χ1) is 13.8. The molecular weight excluding hydrogens is 394 g/mol. The molecule has 0 fully saturated rings. The number of thiazole rings is 1. The fourth-order valence-electron chi connectivity index (χ4n) is 2.84. The van der Waals surface area contributed by atoms with E-state index in [9.17, 15) is 19.7 Å². The third-order valence-electron chi connectivity index (χ3n) is 4.35. The van der Waals surface area contributed by atoms with E-state index in [1.54, 1.807) is 20.8 Å². The van der Waals surface area contributed by atoms with Crippen LogP contribution in [0.1, 0.15) is 64.4 Å². The maximum Gasteiger partial charge on any atom is 0.350 e. The Balaban J connectivity index is 2.39. The molecule has 0 aliphatic heterocycles. The van der Waals surface area contributed by atoms with E-state index >= 15 is 0 Å². The molecule has 1 amide bonds. The van der Waals surface area contributed by atoms with Gasteiger partial charge in [0.2, 0.25) is 0 Å². The highest BCUT2D eigenvalue weighted by atomic mass is 32.1. The minimum atomic E-state index is -0.474. The van der Waals surface area contributed by atoms with Gasteiger partial charge in [-0.15, -0.1) is 0 Å². The molecule has 0 spiro atoms. The maximum atomic E-state index is 13.2. The van der Waals surface area contributed by atoms with Crippen molar-refractivity contribution in [2.75, 3.05) is 18.1 Å². The number of hydrogen-bond acceptors (Lipinski definition) is 7. The molecule has 2 aromatic rings. The Bertz CT molecular complexity index is 910.